The summed E-state index contributed by atoms with van der Waals surface area (Å²) in [6, 6.07) is 0. The lowest BCUT2D eigenvalue weighted by Gasteiger charge is -2.02. The molecule has 0 aliphatic heterocycles. The Hall–Kier alpha value is 0.107. The van der Waals surface area contributed by atoms with Gasteiger partial charge in [-0.15, -0.1) is 0 Å². The van der Waals surface area contributed by atoms with E-state index in [1.54, 1.807) is 0 Å². The molecule has 0 spiro atoms. The van der Waals surface area contributed by atoms with Gasteiger partial charge in [-0.3, -0.25) is 4.39 Å². The van der Waals surface area contributed by atoms with Crippen molar-refractivity contribution in [1.82, 2.24) is 0 Å². The topological polar surface area (TPSA) is 9.23 Å². The minimum Gasteiger partial charge on any atom is -0.428 e. The Labute approximate surface area is 104 Å². The first kappa shape index (κ1) is 16.1. The Morgan fingerprint density at radius 1 is 0.625 bits per heavy atom. The zero-order chi connectivity index (χ0) is 11.9. The van der Waals surface area contributed by atoms with Gasteiger partial charge in [0.05, 0.1) is 6.67 Å². The molecule has 16 heavy (non-hydrogen) atoms. The highest BCUT2D eigenvalue weighted by Crippen LogP contribution is 2.11. The van der Waals surface area contributed by atoms with Crippen LogP contribution in [0.3, 0.4) is 0 Å². The normalized spacial score (nSPS) is 11.1. The maximum atomic E-state index is 11.8. The summed E-state index contributed by atoms with van der Waals surface area (Å²) in [5.41, 5.74) is 0. The van der Waals surface area contributed by atoms with E-state index in [2.05, 4.69) is 0 Å². The van der Waals surface area contributed by atoms with E-state index in [-0.39, 0.29) is 6.67 Å². The zero-order valence-corrected chi connectivity index (χ0v) is 13.0. The fourth-order valence-electron chi connectivity index (χ4n) is 1.93. The molecular formula is C13H29FOSi. The molecule has 0 rings (SSSR count). The predicted molar refractivity (Wildman–Crippen MR) is 72.7 cm³/mol. The largest absolute Gasteiger partial charge is 0.428 e. The van der Waals surface area contributed by atoms with Gasteiger partial charge in [0, 0.05) is 6.61 Å². The van der Waals surface area contributed by atoms with Gasteiger partial charge >= 0.3 is 0 Å². The third-order valence-corrected chi connectivity index (χ3v) is 3.39. The summed E-state index contributed by atoms with van der Waals surface area (Å²) in [5.74, 6) is 0. The molecule has 0 aromatic carbocycles. The highest BCUT2D eigenvalue weighted by molar-refractivity contribution is 5.97. The van der Waals surface area contributed by atoms with Crippen LogP contribution in [0.2, 0.25) is 0 Å². The molecule has 0 saturated carbocycles. The summed E-state index contributed by atoms with van der Waals surface area (Å²) in [6.45, 7) is 0.838. The zero-order valence-electron chi connectivity index (χ0n) is 11.0. The highest BCUT2D eigenvalue weighted by Gasteiger charge is 1.93. The van der Waals surface area contributed by atoms with Gasteiger partial charge in [0.2, 0.25) is 0 Å². The fraction of sp³-hybridized carbons (Fsp3) is 1.00. The minimum atomic E-state index is -0.135. The third kappa shape index (κ3) is 14.1. The van der Waals surface area contributed by atoms with E-state index < -0.39 is 0 Å². The lowest BCUT2D eigenvalue weighted by molar-refractivity contribution is 0.332. The number of hydrogen-bond donors (Lipinski definition) is 0. The standard InChI is InChI=1S/C13H29FOSi/c14-12-10-8-6-4-2-1-3-5-7-9-11-13-15-16/h1-13H2,16H3. The Morgan fingerprint density at radius 2 is 1.00 bits per heavy atom. The third-order valence-electron chi connectivity index (χ3n) is 2.98. The number of unbranched alkanes of at least 4 members (excludes halogenated alkanes) is 10. The van der Waals surface area contributed by atoms with Crippen LogP contribution in [0.4, 0.5) is 4.39 Å². The van der Waals surface area contributed by atoms with Crippen LogP contribution >= 0.6 is 0 Å². The molecule has 0 radical (unpaired) electrons. The van der Waals surface area contributed by atoms with Gasteiger partial charge < -0.3 is 4.43 Å². The molecule has 0 aromatic heterocycles. The number of hydrogen-bond acceptors (Lipinski definition) is 1. The van der Waals surface area contributed by atoms with Gasteiger partial charge in [0.25, 0.3) is 0 Å². The lowest BCUT2D eigenvalue weighted by atomic mass is 10.1. The molecule has 0 saturated heterocycles. The SMILES string of the molecule is FCCCCCCCCCCCCCO[SiH3]. The molecule has 0 heterocycles. The van der Waals surface area contributed by atoms with Crippen LogP contribution in [0.15, 0.2) is 0 Å². The van der Waals surface area contributed by atoms with E-state index in [9.17, 15) is 4.39 Å². The van der Waals surface area contributed by atoms with Crippen LogP contribution < -0.4 is 0 Å². The van der Waals surface area contributed by atoms with Crippen molar-refractivity contribution in [3.63, 3.8) is 0 Å². The lowest BCUT2D eigenvalue weighted by Crippen LogP contribution is -1.89. The first-order valence-electron chi connectivity index (χ1n) is 6.96. The molecule has 0 aromatic rings. The minimum absolute atomic E-state index is 0.135. The van der Waals surface area contributed by atoms with E-state index in [4.69, 9.17) is 4.43 Å². The van der Waals surface area contributed by atoms with Crippen molar-refractivity contribution < 1.29 is 8.82 Å². The monoisotopic (exact) mass is 248 g/mol. The molecule has 0 aliphatic carbocycles. The van der Waals surface area contributed by atoms with Gasteiger partial charge in [-0.05, 0) is 12.8 Å². The van der Waals surface area contributed by atoms with Crippen molar-refractivity contribution in [3.05, 3.63) is 0 Å². The first-order valence-corrected chi connectivity index (χ1v) is 7.78. The molecule has 0 fully saturated rings. The van der Waals surface area contributed by atoms with E-state index >= 15 is 0 Å². The Balaban J connectivity index is 2.83. The summed E-state index contributed by atoms with van der Waals surface area (Å²) in [5, 5.41) is 0. The van der Waals surface area contributed by atoms with E-state index in [1.807, 2.05) is 0 Å². The van der Waals surface area contributed by atoms with Crippen molar-refractivity contribution in [2.75, 3.05) is 13.3 Å². The number of alkyl halides is 1. The van der Waals surface area contributed by atoms with Crippen molar-refractivity contribution in [2.45, 2.75) is 70.6 Å². The van der Waals surface area contributed by atoms with Gasteiger partial charge in [-0.1, -0.05) is 57.8 Å². The first-order chi connectivity index (χ1) is 7.91. The smallest absolute Gasteiger partial charge is 0.145 e. The molecule has 0 N–H and O–H groups in total. The van der Waals surface area contributed by atoms with Gasteiger partial charge in [0.1, 0.15) is 10.5 Å². The van der Waals surface area contributed by atoms with Crippen molar-refractivity contribution in [3.8, 4) is 0 Å². The summed E-state index contributed by atoms with van der Waals surface area (Å²) < 4.78 is 16.9. The summed E-state index contributed by atoms with van der Waals surface area (Å²) >= 11 is 0. The number of halogens is 1. The maximum absolute atomic E-state index is 11.8. The van der Waals surface area contributed by atoms with Crippen LogP contribution in [-0.4, -0.2) is 23.8 Å². The van der Waals surface area contributed by atoms with Crippen LogP contribution in [0.25, 0.3) is 0 Å². The predicted octanol–water partition coefficient (Wildman–Crippen LogP) is 3.54. The van der Waals surface area contributed by atoms with Crippen LogP contribution in [0.1, 0.15) is 70.6 Å². The Morgan fingerprint density at radius 3 is 1.38 bits per heavy atom. The van der Waals surface area contributed by atoms with E-state index in [0.717, 1.165) is 29.9 Å². The maximum Gasteiger partial charge on any atom is 0.145 e. The Kier molecular flexibility index (Phi) is 15.2. The summed E-state index contributed by atoms with van der Waals surface area (Å²) in [6.07, 6.45) is 13.8. The van der Waals surface area contributed by atoms with Gasteiger partial charge in [-0.25, -0.2) is 0 Å². The average molecular weight is 248 g/mol. The molecule has 0 aliphatic rings. The molecular weight excluding hydrogens is 219 g/mol. The fourth-order valence-corrected chi connectivity index (χ4v) is 2.22. The van der Waals surface area contributed by atoms with Crippen molar-refractivity contribution in [2.24, 2.45) is 0 Å². The molecule has 0 bridgehead atoms. The van der Waals surface area contributed by atoms with Crippen LogP contribution in [0.5, 0.6) is 0 Å². The molecule has 1 nitrogen and oxygen atoms in total. The van der Waals surface area contributed by atoms with Crippen LogP contribution in [0, 0.1) is 0 Å². The quantitative estimate of drug-likeness (QED) is 0.358. The molecule has 0 amide bonds. The molecule has 0 atom stereocenters. The molecule has 98 valence electrons. The highest BCUT2D eigenvalue weighted by atomic mass is 28.2. The van der Waals surface area contributed by atoms with E-state index in [0.29, 0.717) is 0 Å². The summed E-state index contributed by atoms with van der Waals surface area (Å²) in [4.78, 5) is 0. The summed E-state index contributed by atoms with van der Waals surface area (Å²) in [7, 11) is 0.887. The second-order valence-electron chi connectivity index (χ2n) is 4.57. The van der Waals surface area contributed by atoms with Crippen LogP contribution in [-0.2, 0) is 4.43 Å². The molecule has 0 unspecified atom stereocenters. The van der Waals surface area contributed by atoms with Crippen molar-refractivity contribution >= 4 is 10.5 Å². The number of rotatable bonds is 13. The average Bonchev–Trinajstić information content (AvgIpc) is 2.31. The van der Waals surface area contributed by atoms with Crippen molar-refractivity contribution in [1.29, 1.82) is 0 Å². The van der Waals surface area contributed by atoms with Gasteiger partial charge in [0.15, 0.2) is 0 Å². The molecule has 3 heteroatoms. The second kappa shape index (κ2) is 15.1. The second-order valence-corrected chi connectivity index (χ2v) is 5.15. The Bertz CT molecular complexity index is 109. The van der Waals surface area contributed by atoms with Gasteiger partial charge in [-0.2, -0.15) is 0 Å². The van der Waals surface area contributed by atoms with E-state index in [1.165, 1.54) is 57.8 Å².